The fourth-order valence-corrected chi connectivity index (χ4v) is 3.42. The quantitative estimate of drug-likeness (QED) is 0.492. The van der Waals surface area contributed by atoms with E-state index in [2.05, 4.69) is 28.1 Å². The Morgan fingerprint density at radius 3 is 2.46 bits per heavy atom. The number of fused-ring (bicyclic) bond motifs is 2. The fraction of sp³-hybridized carbons (Fsp3) is 1.00. The first-order chi connectivity index (χ1) is 6.07. The molecule has 0 aromatic heterocycles. The lowest BCUT2D eigenvalue weighted by molar-refractivity contribution is 0.178. The highest BCUT2D eigenvalue weighted by Gasteiger charge is 2.39. The molecular weight excluding hydrogens is 155 g/mol. The molecule has 0 saturated carbocycles. The van der Waals surface area contributed by atoms with Gasteiger partial charge in [-0.2, -0.15) is 0 Å². The Labute approximate surface area is 83.7 Å². The molecule has 0 aromatic carbocycles. The maximum Gasteiger partial charge on any atom is 0.118 e. The Morgan fingerprint density at radius 1 is 1.00 bits per heavy atom. The van der Waals surface area contributed by atoms with Crippen LogP contribution < -0.4 is 0 Å². The van der Waals surface area contributed by atoms with E-state index in [-0.39, 0.29) is 0 Å². The predicted octanol–water partition coefficient (Wildman–Crippen LogP) is 3.91. The number of hydrogen-bond acceptors (Lipinski definition) is 0. The van der Waals surface area contributed by atoms with E-state index in [1.165, 1.54) is 32.1 Å². The van der Waals surface area contributed by atoms with Crippen molar-refractivity contribution in [3.63, 3.8) is 0 Å². The van der Waals surface area contributed by atoms with Gasteiger partial charge >= 0.3 is 0 Å². The molecule has 2 saturated heterocycles. The third-order valence-electron chi connectivity index (χ3n) is 4.11. The zero-order valence-corrected chi connectivity index (χ0v) is 9.34. The topological polar surface area (TPSA) is 0 Å². The van der Waals surface area contributed by atoms with Gasteiger partial charge in [-0.1, -0.05) is 64.5 Å². The molecule has 0 nitrogen and oxygen atoms in total. The van der Waals surface area contributed by atoms with Gasteiger partial charge in [0.05, 0.1) is 0 Å². The second kappa shape index (κ2) is 3.33. The van der Waals surface area contributed by atoms with Crippen LogP contribution in [0.2, 0.25) is 11.6 Å². The Bertz CT molecular complexity index is 180. The number of hydrogen-bond donors (Lipinski definition) is 0. The Balaban J connectivity index is 2.05. The molecule has 3 unspecified atom stereocenters. The summed E-state index contributed by atoms with van der Waals surface area (Å²) in [6, 6.07) is 0. The second-order valence-corrected chi connectivity index (χ2v) is 6.10. The van der Waals surface area contributed by atoms with Gasteiger partial charge in [0, 0.05) is 0 Å². The van der Waals surface area contributed by atoms with Crippen LogP contribution in [0.1, 0.15) is 52.9 Å². The predicted molar refractivity (Wildman–Crippen MR) is 59.3 cm³/mol. The van der Waals surface area contributed by atoms with Crippen LogP contribution in [-0.4, -0.2) is 7.28 Å². The molecule has 2 rings (SSSR count). The van der Waals surface area contributed by atoms with E-state index in [4.69, 9.17) is 0 Å². The van der Waals surface area contributed by atoms with Crippen molar-refractivity contribution in [1.82, 2.24) is 0 Å². The van der Waals surface area contributed by atoms with Crippen LogP contribution >= 0.6 is 0 Å². The molecule has 0 amide bonds. The minimum absolute atomic E-state index is 0.531. The smallest absolute Gasteiger partial charge is 0.0686 e. The van der Waals surface area contributed by atoms with Crippen LogP contribution in [0.15, 0.2) is 0 Å². The van der Waals surface area contributed by atoms with Gasteiger partial charge < -0.3 is 0 Å². The summed E-state index contributed by atoms with van der Waals surface area (Å²) in [4.78, 5) is 0. The highest BCUT2D eigenvalue weighted by molar-refractivity contribution is 6.40. The first-order valence-electron chi connectivity index (χ1n) is 5.92. The maximum atomic E-state index is 2.68. The third kappa shape index (κ3) is 1.95. The molecule has 0 N–H and O–H groups in total. The highest BCUT2D eigenvalue weighted by atomic mass is 14.4. The van der Waals surface area contributed by atoms with Crippen LogP contribution in [0.25, 0.3) is 0 Å². The molecule has 2 aliphatic heterocycles. The van der Waals surface area contributed by atoms with Crippen LogP contribution in [0.4, 0.5) is 0 Å². The molecule has 0 spiro atoms. The lowest BCUT2D eigenvalue weighted by Gasteiger charge is -2.45. The summed E-state index contributed by atoms with van der Waals surface area (Å²) < 4.78 is 0. The normalized spacial score (nSPS) is 39.8. The van der Waals surface area contributed by atoms with Gasteiger partial charge in [0.25, 0.3) is 0 Å². The summed E-state index contributed by atoms with van der Waals surface area (Å²) in [5, 5.41) is 0. The van der Waals surface area contributed by atoms with E-state index < -0.39 is 0 Å². The number of rotatable bonds is 0. The molecular formula is C12H22B. The SMILES string of the molecule is CC(C)(C)C1CCC2[B]C1CCC2. The molecule has 0 aliphatic carbocycles. The minimum atomic E-state index is 0.531. The summed E-state index contributed by atoms with van der Waals surface area (Å²) in [6.45, 7) is 7.25. The van der Waals surface area contributed by atoms with Crippen LogP contribution in [0.5, 0.6) is 0 Å². The first kappa shape index (κ1) is 9.61. The van der Waals surface area contributed by atoms with Gasteiger partial charge in [-0.15, -0.1) is 0 Å². The van der Waals surface area contributed by atoms with E-state index in [0.29, 0.717) is 5.41 Å². The summed E-state index contributed by atoms with van der Waals surface area (Å²) in [6.07, 6.45) is 7.39. The largest absolute Gasteiger partial charge is 0.118 e. The maximum absolute atomic E-state index is 2.68. The van der Waals surface area contributed by atoms with Crippen molar-refractivity contribution in [1.29, 1.82) is 0 Å². The van der Waals surface area contributed by atoms with Crippen molar-refractivity contribution >= 4 is 7.28 Å². The Hall–Kier alpha value is 0.0649. The van der Waals surface area contributed by atoms with E-state index >= 15 is 0 Å². The Morgan fingerprint density at radius 2 is 1.77 bits per heavy atom. The van der Waals surface area contributed by atoms with E-state index in [9.17, 15) is 0 Å². The summed E-state index contributed by atoms with van der Waals surface area (Å²) in [5.74, 6) is 2.90. The summed E-state index contributed by atoms with van der Waals surface area (Å²) in [5.41, 5.74) is 0.531. The van der Waals surface area contributed by atoms with Gasteiger partial charge in [0.2, 0.25) is 0 Å². The summed E-state index contributed by atoms with van der Waals surface area (Å²) in [7, 11) is 2.68. The van der Waals surface area contributed by atoms with Crippen LogP contribution in [0, 0.1) is 11.3 Å². The molecule has 2 fully saturated rings. The molecule has 1 radical (unpaired) electrons. The van der Waals surface area contributed by atoms with Crippen LogP contribution in [0.3, 0.4) is 0 Å². The Kier molecular flexibility index (Phi) is 2.46. The van der Waals surface area contributed by atoms with Crippen molar-refractivity contribution < 1.29 is 0 Å². The van der Waals surface area contributed by atoms with Gasteiger partial charge in [0.1, 0.15) is 7.28 Å². The summed E-state index contributed by atoms with van der Waals surface area (Å²) >= 11 is 0. The molecule has 3 atom stereocenters. The highest BCUT2D eigenvalue weighted by Crippen LogP contribution is 2.50. The average molecular weight is 177 g/mol. The lowest BCUT2D eigenvalue weighted by atomic mass is 9.39. The van der Waals surface area contributed by atoms with Gasteiger partial charge in [-0.3, -0.25) is 0 Å². The second-order valence-electron chi connectivity index (χ2n) is 6.10. The fourth-order valence-electron chi connectivity index (χ4n) is 3.42. The lowest BCUT2D eigenvalue weighted by Crippen LogP contribution is -2.35. The molecule has 1 heteroatoms. The van der Waals surface area contributed by atoms with Crippen molar-refractivity contribution in [2.24, 2.45) is 11.3 Å². The van der Waals surface area contributed by atoms with Gasteiger partial charge in [-0.05, 0) is 11.3 Å². The molecule has 2 heterocycles. The van der Waals surface area contributed by atoms with Crippen molar-refractivity contribution in [3.8, 4) is 0 Å². The van der Waals surface area contributed by atoms with Crippen molar-refractivity contribution in [2.45, 2.75) is 64.5 Å². The van der Waals surface area contributed by atoms with Crippen LogP contribution in [-0.2, 0) is 0 Å². The van der Waals surface area contributed by atoms with E-state index in [1.807, 2.05) is 0 Å². The third-order valence-corrected chi connectivity index (χ3v) is 4.11. The van der Waals surface area contributed by atoms with Crippen molar-refractivity contribution in [3.05, 3.63) is 0 Å². The monoisotopic (exact) mass is 177 g/mol. The average Bonchev–Trinajstić information content (AvgIpc) is 2.02. The van der Waals surface area contributed by atoms with E-state index in [1.54, 1.807) is 0 Å². The van der Waals surface area contributed by atoms with Gasteiger partial charge in [-0.25, -0.2) is 0 Å². The van der Waals surface area contributed by atoms with Gasteiger partial charge in [0.15, 0.2) is 0 Å². The molecule has 73 valence electrons. The molecule has 2 aliphatic rings. The molecule has 0 aromatic rings. The standard InChI is InChI=1S/C12H22B/c1-12(2,3)10-8-7-9-5-4-6-11(10)13-9/h9-11H,4-8H2,1-3H3. The molecule has 2 bridgehead atoms. The zero-order valence-electron chi connectivity index (χ0n) is 9.34. The zero-order chi connectivity index (χ0) is 9.47. The van der Waals surface area contributed by atoms with E-state index in [0.717, 1.165) is 17.6 Å². The molecule has 13 heavy (non-hydrogen) atoms. The first-order valence-corrected chi connectivity index (χ1v) is 5.92. The minimum Gasteiger partial charge on any atom is -0.0686 e. The van der Waals surface area contributed by atoms with Crippen molar-refractivity contribution in [2.75, 3.05) is 0 Å².